The van der Waals surface area contributed by atoms with Gasteiger partial charge >= 0.3 is 0 Å². The Morgan fingerprint density at radius 1 is 0.800 bits per heavy atom. The fourth-order valence-corrected chi connectivity index (χ4v) is 1.55. The summed E-state index contributed by atoms with van der Waals surface area (Å²) in [6.45, 7) is 11.7. The second-order valence-electron chi connectivity index (χ2n) is 4.25. The molecule has 0 atom stereocenters. The first-order valence-electron chi connectivity index (χ1n) is 6.34. The third kappa shape index (κ3) is 5.26. The van der Waals surface area contributed by atoms with Crippen LogP contribution in [0.2, 0.25) is 0 Å². The number of rotatable bonds is 7. The molecule has 0 rings (SSSR count). The van der Waals surface area contributed by atoms with Crippen molar-refractivity contribution in [2.45, 2.75) is 13.8 Å². The van der Waals surface area contributed by atoms with Crippen LogP contribution in [0.15, 0.2) is 47.2 Å². The highest BCUT2D eigenvalue weighted by molar-refractivity contribution is 5.34. The first-order valence-corrected chi connectivity index (χ1v) is 6.34. The van der Waals surface area contributed by atoms with Crippen LogP contribution in [0.25, 0.3) is 0 Å². The lowest BCUT2D eigenvalue weighted by atomic mass is 10.2. The molecule has 0 aliphatic heterocycles. The summed E-state index contributed by atoms with van der Waals surface area (Å²) in [5.74, 6) is 1.50. The molecule has 0 aromatic rings. The zero-order chi connectivity index (χ0) is 15.7. The van der Waals surface area contributed by atoms with Crippen LogP contribution in [-0.4, -0.2) is 50.9 Å². The van der Waals surface area contributed by atoms with Crippen molar-refractivity contribution in [2.75, 3.05) is 28.3 Å². The Hall–Kier alpha value is -2.10. The first kappa shape index (κ1) is 17.9. The largest absolute Gasteiger partial charge is 0.497 e. The molecular formula is C16H26N2O2+2. The highest BCUT2D eigenvalue weighted by Gasteiger charge is 2.23. The molecular weight excluding hydrogens is 252 g/mol. The van der Waals surface area contributed by atoms with Crippen LogP contribution in [0.4, 0.5) is 0 Å². The average Bonchev–Trinajstić information content (AvgIpc) is 2.42. The first-order chi connectivity index (χ1) is 9.40. The van der Waals surface area contributed by atoms with Crippen LogP contribution in [0.5, 0.6) is 0 Å². The Kier molecular flexibility index (Phi) is 7.97. The smallest absolute Gasteiger partial charge is 0.280 e. The van der Waals surface area contributed by atoms with Crippen molar-refractivity contribution >= 4 is 13.4 Å². The normalized spacial score (nSPS) is 14.1. The van der Waals surface area contributed by atoms with E-state index in [1.54, 1.807) is 23.4 Å². The summed E-state index contributed by atoms with van der Waals surface area (Å²) in [6, 6.07) is 0. The molecule has 0 saturated heterocycles. The SMILES string of the molecule is C=[N+](C)C(=CC(=CC)OC)C(=CC(=CC)OC)[N+](=C)C. The van der Waals surface area contributed by atoms with Crippen molar-refractivity contribution in [3.8, 4) is 0 Å². The number of methoxy groups -OCH3 is 2. The summed E-state index contributed by atoms with van der Waals surface area (Å²) in [7, 11) is 7.01. The van der Waals surface area contributed by atoms with Crippen molar-refractivity contribution in [1.29, 1.82) is 0 Å². The molecule has 20 heavy (non-hydrogen) atoms. The number of nitrogens with zero attached hydrogens (tertiary/aromatic N) is 2. The van der Waals surface area contributed by atoms with E-state index in [0.717, 1.165) is 22.9 Å². The Morgan fingerprint density at radius 3 is 1.25 bits per heavy atom. The number of allylic oxidation sites excluding steroid dienone is 4. The Balaban J connectivity index is 5.97. The molecule has 0 aromatic heterocycles. The minimum absolute atomic E-state index is 0.752. The van der Waals surface area contributed by atoms with Gasteiger partial charge in [0.2, 0.25) is 0 Å². The fraction of sp³-hybridized carbons (Fsp3) is 0.375. The minimum Gasteiger partial charge on any atom is -0.497 e. The van der Waals surface area contributed by atoms with E-state index >= 15 is 0 Å². The molecule has 4 heteroatoms. The second kappa shape index (κ2) is 8.91. The predicted molar refractivity (Wildman–Crippen MR) is 84.3 cm³/mol. The molecule has 4 nitrogen and oxygen atoms in total. The lowest BCUT2D eigenvalue weighted by molar-refractivity contribution is -0.488. The van der Waals surface area contributed by atoms with Gasteiger partial charge in [0, 0.05) is 0 Å². The van der Waals surface area contributed by atoms with E-state index in [9.17, 15) is 0 Å². The molecule has 0 N–H and O–H groups in total. The second-order valence-corrected chi connectivity index (χ2v) is 4.25. The summed E-state index contributed by atoms with van der Waals surface area (Å²) < 4.78 is 14.1. The average molecular weight is 278 g/mol. The van der Waals surface area contributed by atoms with Crippen molar-refractivity contribution in [2.24, 2.45) is 0 Å². The maximum absolute atomic E-state index is 5.29. The molecule has 0 aliphatic rings. The molecule has 0 aromatic carbocycles. The molecule has 0 spiro atoms. The molecule has 0 unspecified atom stereocenters. The zero-order valence-electron chi connectivity index (χ0n) is 13.4. The van der Waals surface area contributed by atoms with Crippen LogP contribution in [-0.2, 0) is 9.47 Å². The van der Waals surface area contributed by atoms with Gasteiger partial charge < -0.3 is 9.47 Å². The molecule has 0 bridgehead atoms. The minimum atomic E-state index is 0.752. The van der Waals surface area contributed by atoms with Crippen LogP contribution >= 0.6 is 0 Å². The highest BCUT2D eigenvalue weighted by Crippen LogP contribution is 2.16. The van der Waals surface area contributed by atoms with Gasteiger partial charge in [-0.05, 0) is 26.0 Å². The number of hydrogen-bond acceptors (Lipinski definition) is 2. The number of ether oxygens (including phenoxy) is 2. The molecule has 110 valence electrons. The maximum Gasteiger partial charge on any atom is 0.280 e. The van der Waals surface area contributed by atoms with Crippen molar-refractivity contribution in [3.05, 3.63) is 47.2 Å². The van der Waals surface area contributed by atoms with Gasteiger partial charge in [0.25, 0.3) is 11.4 Å². The predicted octanol–water partition coefficient (Wildman–Crippen LogP) is 2.54. The number of hydrogen-bond donors (Lipinski definition) is 0. The van der Waals surface area contributed by atoms with Crippen molar-refractivity contribution < 1.29 is 18.6 Å². The third-order valence-corrected chi connectivity index (χ3v) is 2.68. The van der Waals surface area contributed by atoms with E-state index in [2.05, 4.69) is 13.4 Å². The van der Waals surface area contributed by atoms with Gasteiger partial charge in [-0.25, -0.2) is 9.15 Å². The summed E-state index contributed by atoms with van der Waals surface area (Å²) in [5, 5.41) is 0. The van der Waals surface area contributed by atoms with Gasteiger partial charge in [-0.15, -0.1) is 0 Å². The summed E-state index contributed by atoms with van der Waals surface area (Å²) in [6.07, 6.45) is 7.58. The Labute approximate surface area is 122 Å². The van der Waals surface area contributed by atoms with Gasteiger partial charge in [0.15, 0.2) is 0 Å². The molecule has 0 aliphatic carbocycles. The standard InChI is InChI=1S/C16H26N2O2/c1-9-13(19-7)11-15(17(3)4)16(18(5)6)12-14(10-2)20-8/h9-12H,3,5H2,1-2,4,6-8H3/q+2. The van der Waals surface area contributed by atoms with E-state index in [1.807, 2.05) is 52.2 Å². The zero-order valence-corrected chi connectivity index (χ0v) is 13.4. The lowest BCUT2D eigenvalue weighted by Gasteiger charge is -2.05. The molecule has 0 radical (unpaired) electrons. The molecule has 0 fully saturated rings. The van der Waals surface area contributed by atoms with E-state index in [4.69, 9.17) is 9.47 Å². The van der Waals surface area contributed by atoms with Gasteiger partial charge in [-0.3, -0.25) is 0 Å². The maximum atomic E-state index is 5.29. The number of likely N-dealkylation sites (N-methyl/N-ethyl adjacent to an activating group) is 2. The topological polar surface area (TPSA) is 24.5 Å². The van der Waals surface area contributed by atoms with Crippen molar-refractivity contribution in [1.82, 2.24) is 0 Å². The Bertz CT molecular complexity index is 449. The van der Waals surface area contributed by atoms with Crippen LogP contribution in [0, 0.1) is 0 Å². The third-order valence-electron chi connectivity index (χ3n) is 2.68. The summed E-state index contributed by atoms with van der Waals surface area (Å²) in [5.41, 5.74) is 1.74. The monoisotopic (exact) mass is 278 g/mol. The van der Waals surface area contributed by atoms with E-state index in [0.29, 0.717) is 0 Å². The fourth-order valence-electron chi connectivity index (χ4n) is 1.55. The lowest BCUT2D eigenvalue weighted by Crippen LogP contribution is -2.14. The van der Waals surface area contributed by atoms with E-state index < -0.39 is 0 Å². The summed E-state index contributed by atoms with van der Waals surface area (Å²) >= 11 is 0. The van der Waals surface area contributed by atoms with Gasteiger partial charge in [-0.1, -0.05) is 0 Å². The van der Waals surface area contributed by atoms with Crippen molar-refractivity contribution in [3.63, 3.8) is 0 Å². The quantitative estimate of drug-likeness (QED) is 0.309. The van der Waals surface area contributed by atoms with E-state index in [1.165, 1.54) is 0 Å². The van der Waals surface area contributed by atoms with E-state index in [-0.39, 0.29) is 0 Å². The molecule has 0 heterocycles. The molecule has 0 amide bonds. The highest BCUT2D eigenvalue weighted by atomic mass is 16.5. The van der Waals surface area contributed by atoms with Gasteiger partial charge in [0.05, 0.1) is 26.4 Å². The van der Waals surface area contributed by atoms with Crippen LogP contribution in [0.1, 0.15) is 13.8 Å². The molecule has 0 saturated carbocycles. The van der Waals surface area contributed by atoms with Gasteiger partial charge in [-0.2, -0.15) is 0 Å². The Morgan fingerprint density at radius 2 is 1.10 bits per heavy atom. The van der Waals surface area contributed by atoms with Crippen LogP contribution < -0.4 is 0 Å². The van der Waals surface area contributed by atoms with Gasteiger partial charge in [0.1, 0.15) is 39.0 Å². The van der Waals surface area contributed by atoms with Crippen LogP contribution in [0.3, 0.4) is 0 Å². The summed E-state index contributed by atoms with van der Waals surface area (Å²) in [4.78, 5) is 0.